The van der Waals surface area contributed by atoms with Crippen molar-refractivity contribution >= 4 is 11.6 Å². The first-order chi connectivity index (χ1) is 12.9. The maximum atomic E-state index is 12.8. The molecule has 0 bridgehead atoms. The zero-order valence-electron chi connectivity index (χ0n) is 16.3. The number of nitrogens with zero attached hydrogens (tertiary/aromatic N) is 4. The first kappa shape index (κ1) is 18.9. The van der Waals surface area contributed by atoms with Gasteiger partial charge in [-0.3, -0.25) is 9.36 Å². The lowest BCUT2D eigenvalue weighted by atomic mass is 10.1. The molecule has 1 amide bonds. The van der Waals surface area contributed by atoms with Gasteiger partial charge in [-0.15, -0.1) is 0 Å². The quantitative estimate of drug-likeness (QED) is 0.818. The normalized spacial score (nSPS) is 17.1. The van der Waals surface area contributed by atoms with Crippen LogP contribution < -0.4 is 15.3 Å². The van der Waals surface area contributed by atoms with E-state index in [0.717, 1.165) is 23.7 Å². The summed E-state index contributed by atoms with van der Waals surface area (Å²) in [5.74, 6) is 0.774. The highest BCUT2D eigenvalue weighted by molar-refractivity contribution is 5.77. The number of piperazine rings is 1. The maximum Gasteiger partial charge on any atom is 0.348 e. The summed E-state index contributed by atoms with van der Waals surface area (Å²) in [6.07, 6.45) is 0. The Hall–Kier alpha value is -2.83. The fourth-order valence-corrected chi connectivity index (χ4v) is 3.63. The Morgan fingerprint density at radius 1 is 1.26 bits per heavy atom. The lowest BCUT2D eigenvalue weighted by Gasteiger charge is -2.41. The number of hydrogen-bond donors (Lipinski definition) is 0. The average Bonchev–Trinajstić information content (AvgIpc) is 2.64. The number of benzene rings is 1. The van der Waals surface area contributed by atoms with Crippen molar-refractivity contribution in [3.05, 3.63) is 52.2 Å². The summed E-state index contributed by atoms with van der Waals surface area (Å²) >= 11 is 0. The third-order valence-electron chi connectivity index (χ3n) is 5.01. The average molecular weight is 370 g/mol. The molecule has 1 atom stereocenters. The number of rotatable bonds is 4. The number of carbonyl (C=O) groups is 1. The molecule has 0 aliphatic carbocycles. The summed E-state index contributed by atoms with van der Waals surface area (Å²) in [4.78, 5) is 33.0. The second kappa shape index (κ2) is 7.82. The summed E-state index contributed by atoms with van der Waals surface area (Å²) in [6, 6.07) is 9.75. The van der Waals surface area contributed by atoms with Crippen LogP contribution in [0.5, 0.6) is 5.75 Å². The van der Waals surface area contributed by atoms with E-state index in [1.54, 1.807) is 14.0 Å². The molecule has 1 aromatic carbocycles. The molecule has 144 valence electrons. The van der Waals surface area contributed by atoms with Crippen molar-refractivity contribution in [1.82, 2.24) is 14.5 Å². The van der Waals surface area contributed by atoms with Crippen molar-refractivity contribution in [2.75, 3.05) is 31.6 Å². The molecule has 0 radical (unpaired) electrons. The van der Waals surface area contributed by atoms with Gasteiger partial charge in [0, 0.05) is 37.1 Å². The maximum absolute atomic E-state index is 12.8. The van der Waals surface area contributed by atoms with Crippen LogP contribution in [0.15, 0.2) is 35.1 Å². The van der Waals surface area contributed by atoms with E-state index < -0.39 is 0 Å². The van der Waals surface area contributed by atoms with Crippen LogP contribution in [0.2, 0.25) is 0 Å². The Balaban J connectivity index is 1.71. The van der Waals surface area contributed by atoms with Crippen LogP contribution >= 0.6 is 0 Å². The molecule has 1 aliphatic heterocycles. The third kappa shape index (κ3) is 3.97. The molecule has 2 aromatic rings. The summed E-state index contributed by atoms with van der Waals surface area (Å²) in [5, 5.41) is 0. The predicted octanol–water partition coefficient (Wildman–Crippen LogP) is 1.61. The molecule has 1 aromatic heterocycles. The molecule has 0 spiro atoms. The number of aryl methyl sites for hydroxylation is 2. The molecule has 0 N–H and O–H groups in total. The van der Waals surface area contributed by atoms with Crippen LogP contribution in [0, 0.1) is 13.8 Å². The molecule has 3 rings (SSSR count). The van der Waals surface area contributed by atoms with E-state index in [2.05, 4.69) is 9.88 Å². The van der Waals surface area contributed by atoms with Crippen molar-refractivity contribution in [3.8, 4) is 5.75 Å². The smallest absolute Gasteiger partial charge is 0.348 e. The molecule has 1 aliphatic rings. The first-order valence-corrected chi connectivity index (χ1v) is 9.13. The van der Waals surface area contributed by atoms with Crippen LogP contribution in [0.4, 0.5) is 5.69 Å². The molecule has 27 heavy (non-hydrogen) atoms. The van der Waals surface area contributed by atoms with E-state index in [-0.39, 0.29) is 24.2 Å². The molecule has 1 fully saturated rings. The van der Waals surface area contributed by atoms with Crippen LogP contribution in [0.1, 0.15) is 18.3 Å². The van der Waals surface area contributed by atoms with E-state index in [9.17, 15) is 9.59 Å². The van der Waals surface area contributed by atoms with Gasteiger partial charge < -0.3 is 14.5 Å². The van der Waals surface area contributed by atoms with Gasteiger partial charge in [0.05, 0.1) is 12.8 Å². The number of anilines is 1. The second-order valence-electron chi connectivity index (χ2n) is 6.96. The Labute approximate surface area is 159 Å². The van der Waals surface area contributed by atoms with Gasteiger partial charge in [-0.1, -0.05) is 12.1 Å². The number of ether oxygens (including phenoxy) is 1. The van der Waals surface area contributed by atoms with Crippen molar-refractivity contribution in [3.63, 3.8) is 0 Å². The van der Waals surface area contributed by atoms with E-state index in [0.29, 0.717) is 18.8 Å². The van der Waals surface area contributed by atoms with Crippen LogP contribution in [-0.4, -0.2) is 53.1 Å². The highest BCUT2D eigenvalue weighted by Crippen LogP contribution is 2.29. The van der Waals surface area contributed by atoms with Gasteiger partial charge in [0.25, 0.3) is 0 Å². The Morgan fingerprint density at radius 2 is 2.00 bits per heavy atom. The van der Waals surface area contributed by atoms with Crippen molar-refractivity contribution in [1.29, 1.82) is 0 Å². The molecular weight excluding hydrogens is 344 g/mol. The number of amides is 1. The zero-order chi connectivity index (χ0) is 19.6. The van der Waals surface area contributed by atoms with Gasteiger partial charge in [0.15, 0.2) is 0 Å². The van der Waals surface area contributed by atoms with E-state index >= 15 is 0 Å². The largest absolute Gasteiger partial charge is 0.495 e. The fourth-order valence-electron chi connectivity index (χ4n) is 3.63. The number of methoxy groups -OCH3 is 1. The van der Waals surface area contributed by atoms with Gasteiger partial charge in [-0.2, -0.15) is 4.98 Å². The molecule has 1 saturated heterocycles. The molecule has 0 saturated carbocycles. The fraction of sp³-hybridized carbons (Fsp3) is 0.450. The lowest BCUT2D eigenvalue weighted by molar-refractivity contribution is -0.134. The number of carbonyl (C=O) groups excluding carboxylic acids is 1. The molecule has 0 unspecified atom stereocenters. The van der Waals surface area contributed by atoms with Gasteiger partial charge in [-0.25, -0.2) is 4.79 Å². The number of para-hydroxylation sites is 2. The summed E-state index contributed by atoms with van der Waals surface area (Å²) in [6.45, 7) is 7.69. The summed E-state index contributed by atoms with van der Waals surface area (Å²) < 4.78 is 6.89. The predicted molar refractivity (Wildman–Crippen MR) is 104 cm³/mol. The molecule has 2 heterocycles. The minimum atomic E-state index is -0.374. The van der Waals surface area contributed by atoms with Crippen molar-refractivity contribution in [2.24, 2.45) is 0 Å². The van der Waals surface area contributed by atoms with Crippen molar-refractivity contribution in [2.45, 2.75) is 33.4 Å². The highest BCUT2D eigenvalue weighted by atomic mass is 16.5. The van der Waals surface area contributed by atoms with Crippen LogP contribution in [-0.2, 0) is 11.3 Å². The van der Waals surface area contributed by atoms with Crippen molar-refractivity contribution < 1.29 is 9.53 Å². The van der Waals surface area contributed by atoms with Crippen LogP contribution in [0.25, 0.3) is 0 Å². The third-order valence-corrected chi connectivity index (χ3v) is 5.01. The Kier molecular flexibility index (Phi) is 5.48. The van der Waals surface area contributed by atoms with Gasteiger partial charge in [-0.05, 0) is 39.0 Å². The molecular formula is C20H26N4O3. The van der Waals surface area contributed by atoms with Gasteiger partial charge in [0.1, 0.15) is 12.3 Å². The Morgan fingerprint density at radius 3 is 2.67 bits per heavy atom. The standard InChI is InChI=1S/C20H26N4O3/c1-14-11-15(2)24(20(26)21-14)13-19(25)23-10-9-22(12-16(23)3)17-7-5-6-8-18(17)27-4/h5-8,11,16H,9-10,12-13H2,1-4H3/t16-/m0/s1. The number of hydrogen-bond acceptors (Lipinski definition) is 5. The SMILES string of the molecule is COc1ccccc1N1CCN(C(=O)Cn2c(C)cc(C)nc2=O)[C@@H](C)C1. The number of aromatic nitrogens is 2. The zero-order valence-corrected chi connectivity index (χ0v) is 16.3. The minimum absolute atomic E-state index is 0.0247. The monoisotopic (exact) mass is 370 g/mol. The topological polar surface area (TPSA) is 67.7 Å². The van der Waals surface area contributed by atoms with Gasteiger partial charge >= 0.3 is 5.69 Å². The molecule has 7 nitrogen and oxygen atoms in total. The minimum Gasteiger partial charge on any atom is -0.495 e. The van der Waals surface area contributed by atoms with Gasteiger partial charge in [0.2, 0.25) is 5.91 Å². The van der Waals surface area contributed by atoms with Crippen LogP contribution in [0.3, 0.4) is 0 Å². The highest BCUT2D eigenvalue weighted by Gasteiger charge is 2.29. The van der Waals surface area contributed by atoms with E-state index in [1.807, 2.05) is 49.1 Å². The van der Waals surface area contributed by atoms with E-state index in [4.69, 9.17) is 4.74 Å². The van der Waals surface area contributed by atoms with E-state index in [1.165, 1.54) is 4.57 Å². The second-order valence-corrected chi connectivity index (χ2v) is 6.96. The Bertz CT molecular complexity index is 893. The lowest BCUT2D eigenvalue weighted by Crippen LogP contribution is -2.55. The first-order valence-electron chi connectivity index (χ1n) is 9.13. The molecule has 7 heteroatoms. The summed E-state index contributed by atoms with van der Waals surface area (Å²) in [5.41, 5.74) is 2.08. The summed E-state index contributed by atoms with van der Waals surface area (Å²) in [7, 11) is 1.66.